The monoisotopic (exact) mass is 331 g/mol. The molecule has 0 saturated carbocycles. The number of hydrogen-bond donors (Lipinski definition) is 0. The minimum absolute atomic E-state index is 0.306. The molecule has 25 heavy (non-hydrogen) atoms. The third kappa shape index (κ3) is 2.66. The Balaban J connectivity index is 2.08. The highest BCUT2D eigenvalue weighted by atomic mass is 16.5. The molecule has 0 saturated heterocycles. The number of benzene rings is 2. The molecular weight excluding hydrogens is 310 g/mol. The summed E-state index contributed by atoms with van der Waals surface area (Å²) in [6, 6.07) is 20.5. The predicted molar refractivity (Wildman–Crippen MR) is 99.7 cm³/mol. The van der Waals surface area contributed by atoms with Gasteiger partial charge in [-0.05, 0) is 42.4 Å². The Labute approximate surface area is 147 Å². The first-order valence-electron chi connectivity index (χ1n) is 8.77. The lowest BCUT2D eigenvalue weighted by Crippen LogP contribution is -2.17. The number of hydrogen-bond acceptors (Lipinski definition) is 2. The Morgan fingerprint density at radius 3 is 2.12 bits per heavy atom. The van der Waals surface area contributed by atoms with E-state index in [-0.39, 0.29) is 6.09 Å². The van der Waals surface area contributed by atoms with Crippen LogP contribution in [-0.2, 0) is 17.6 Å². The van der Waals surface area contributed by atoms with Crippen LogP contribution in [0.3, 0.4) is 0 Å². The van der Waals surface area contributed by atoms with Crippen molar-refractivity contribution in [2.75, 3.05) is 7.11 Å². The lowest BCUT2D eigenvalue weighted by atomic mass is 9.90. The van der Waals surface area contributed by atoms with E-state index < -0.39 is 0 Å². The van der Waals surface area contributed by atoms with Crippen molar-refractivity contribution in [3.05, 3.63) is 71.9 Å². The molecule has 0 spiro atoms. The zero-order valence-corrected chi connectivity index (χ0v) is 14.4. The first kappa shape index (κ1) is 15.7. The smallest absolute Gasteiger partial charge is 0.418 e. The highest BCUT2D eigenvalue weighted by molar-refractivity contribution is 5.92. The molecule has 3 nitrogen and oxygen atoms in total. The zero-order valence-electron chi connectivity index (χ0n) is 14.4. The van der Waals surface area contributed by atoms with Gasteiger partial charge in [-0.3, -0.25) is 0 Å². The average molecular weight is 331 g/mol. The van der Waals surface area contributed by atoms with Crippen LogP contribution >= 0.6 is 0 Å². The summed E-state index contributed by atoms with van der Waals surface area (Å²) >= 11 is 0. The fraction of sp³-hybridized carbons (Fsp3) is 0.227. The van der Waals surface area contributed by atoms with Gasteiger partial charge in [0.1, 0.15) is 0 Å². The Morgan fingerprint density at radius 2 is 1.48 bits per heavy atom. The summed E-state index contributed by atoms with van der Waals surface area (Å²) in [6.07, 6.45) is 3.88. The molecule has 0 atom stereocenters. The van der Waals surface area contributed by atoms with E-state index in [1.54, 1.807) is 4.57 Å². The number of carbonyl (C=O) groups excluding carboxylic acids is 1. The van der Waals surface area contributed by atoms with Gasteiger partial charge in [0.05, 0.1) is 12.8 Å². The molecule has 3 heteroatoms. The molecule has 126 valence electrons. The van der Waals surface area contributed by atoms with Crippen molar-refractivity contribution in [2.24, 2.45) is 0 Å². The molecular formula is C22H21NO2. The van der Waals surface area contributed by atoms with Crippen LogP contribution in [-0.4, -0.2) is 17.8 Å². The lowest BCUT2D eigenvalue weighted by Gasteiger charge is -2.15. The Hall–Kier alpha value is -2.81. The first-order valence-corrected chi connectivity index (χ1v) is 8.77. The molecule has 0 bridgehead atoms. The van der Waals surface area contributed by atoms with Crippen molar-refractivity contribution in [3.8, 4) is 22.4 Å². The van der Waals surface area contributed by atoms with Gasteiger partial charge in [-0.2, -0.15) is 0 Å². The van der Waals surface area contributed by atoms with E-state index in [1.165, 1.54) is 18.2 Å². The van der Waals surface area contributed by atoms with Gasteiger partial charge >= 0.3 is 6.09 Å². The highest BCUT2D eigenvalue weighted by Gasteiger charge is 2.29. The van der Waals surface area contributed by atoms with E-state index in [9.17, 15) is 4.79 Å². The van der Waals surface area contributed by atoms with Crippen LogP contribution in [0.5, 0.6) is 0 Å². The molecule has 0 radical (unpaired) electrons. The van der Waals surface area contributed by atoms with E-state index in [4.69, 9.17) is 4.74 Å². The number of methoxy groups -OCH3 is 1. The Bertz CT molecular complexity index is 895. The van der Waals surface area contributed by atoms with Crippen molar-refractivity contribution < 1.29 is 9.53 Å². The summed E-state index contributed by atoms with van der Waals surface area (Å²) < 4.78 is 6.94. The summed E-state index contributed by atoms with van der Waals surface area (Å²) in [4.78, 5) is 12.7. The van der Waals surface area contributed by atoms with E-state index in [2.05, 4.69) is 36.4 Å². The van der Waals surface area contributed by atoms with Gasteiger partial charge in [-0.1, -0.05) is 60.7 Å². The maximum atomic E-state index is 12.7. The second-order valence-electron chi connectivity index (χ2n) is 6.39. The van der Waals surface area contributed by atoms with Crippen LogP contribution in [0.25, 0.3) is 22.4 Å². The summed E-state index contributed by atoms with van der Waals surface area (Å²) in [5.41, 5.74) is 6.72. The average Bonchev–Trinajstić information content (AvgIpc) is 3.04. The van der Waals surface area contributed by atoms with E-state index in [0.29, 0.717) is 0 Å². The molecule has 0 aliphatic heterocycles. The van der Waals surface area contributed by atoms with Gasteiger partial charge in [0, 0.05) is 11.3 Å². The molecule has 0 unspecified atom stereocenters. The van der Waals surface area contributed by atoms with Crippen LogP contribution in [0.15, 0.2) is 60.7 Å². The molecule has 1 aliphatic carbocycles. The molecule has 2 aromatic carbocycles. The van der Waals surface area contributed by atoms with Crippen molar-refractivity contribution in [3.63, 3.8) is 0 Å². The Morgan fingerprint density at radius 1 is 0.880 bits per heavy atom. The maximum Gasteiger partial charge on any atom is 0.418 e. The molecule has 0 N–H and O–H groups in total. The van der Waals surface area contributed by atoms with Crippen molar-refractivity contribution in [2.45, 2.75) is 25.7 Å². The van der Waals surface area contributed by atoms with Crippen molar-refractivity contribution in [1.29, 1.82) is 0 Å². The summed E-state index contributed by atoms with van der Waals surface area (Å²) in [5, 5.41) is 0. The third-order valence-electron chi connectivity index (χ3n) is 4.94. The number of nitrogens with zero attached hydrogens (tertiary/aromatic N) is 1. The van der Waals surface area contributed by atoms with Gasteiger partial charge < -0.3 is 4.74 Å². The molecule has 0 fully saturated rings. The second-order valence-corrected chi connectivity index (χ2v) is 6.39. The predicted octanol–water partition coefficient (Wildman–Crippen LogP) is 5.32. The van der Waals surface area contributed by atoms with Crippen LogP contribution in [0, 0.1) is 0 Å². The van der Waals surface area contributed by atoms with Crippen molar-refractivity contribution >= 4 is 6.09 Å². The first-order chi connectivity index (χ1) is 12.3. The molecule has 3 aromatic rings. The second kappa shape index (κ2) is 6.60. The van der Waals surface area contributed by atoms with Crippen LogP contribution in [0.4, 0.5) is 4.79 Å². The lowest BCUT2D eigenvalue weighted by molar-refractivity contribution is 0.172. The Kier molecular flexibility index (Phi) is 4.14. The molecule has 1 aliphatic rings. The van der Waals surface area contributed by atoms with Gasteiger partial charge in [-0.15, -0.1) is 0 Å². The number of fused-ring (bicyclic) bond motifs is 1. The number of carbonyl (C=O) groups is 1. The van der Waals surface area contributed by atoms with Gasteiger partial charge in [0.25, 0.3) is 0 Å². The van der Waals surface area contributed by atoms with E-state index in [0.717, 1.165) is 48.2 Å². The quantitative estimate of drug-likeness (QED) is 0.637. The maximum absolute atomic E-state index is 12.7. The minimum Gasteiger partial charge on any atom is -0.452 e. The zero-order chi connectivity index (χ0) is 17.2. The summed E-state index contributed by atoms with van der Waals surface area (Å²) in [6.45, 7) is 0. The van der Waals surface area contributed by atoms with Gasteiger partial charge in [-0.25, -0.2) is 9.36 Å². The van der Waals surface area contributed by atoms with E-state index in [1.807, 2.05) is 24.3 Å². The van der Waals surface area contributed by atoms with Crippen LogP contribution in [0.1, 0.15) is 24.1 Å². The SMILES string of the molecule is COC(=O)n1c2c(c(-c3ccccc3)c1-c1ccccc1)CCCC2. The van der Waals surface area contributed by atoms with E-state index >= 15 is 0 Å². The summed E-state index contributed by atoms with van der Waals surface area (Å²) in [7, 11) is 1.45. The fourth-order valence-corrected chi connectivity index (χ4v) is 3.87. The van der Waals surface area contributed by atoms with Gasteiger partial charge in [0.15, 0.2) is 0 Å². The standard InChI is InChI=1S/C22H21NO2/c1-25-22(24)23-19-15-9-8-14-18(19)20(16-10-4-2-5-11-16)21(23)17-12-6-3-7-13-17/h2-7,10-13H,8-9,14-15H2,1H3. The minimum atomic E-state index is -0.306. The molecule has 4 rings (SSSR count). The summed E-state index contributed by atoms with van der Waals surface area (Å²) in [5.74, 6) is 0. The third-order valence-corrected chi connectivity index (χ3v) is 4.94. The number of rotatable bonds is 2. The van der Waals surface area contributed by atoms with Crippen molar-refractivity contribution in [1.82, 2.24) is 4.57 Å². The largest absolute Gasteiger partial charge is 0.452 e. The topological polar surface area (TPSA) is 31.2 Å². The number of aromatic nitrogens is 1. The molecule has 1 heterocycles. The fourth-order valence-electron chi connectivity index (χ4n) is 3.87. The highest BCUT2D eigenvalue weighted by Crippen LogP contribution is 2.42. The van der Waals surface area contributed by atoms with Gasteiger partial charge in [0.2, 0.25) is 0 Å². The normalized spacial score (nSPS) is 13.3. The van der Waals surface area contributed by atoms with Crippen LogP contribution < -0.4 is 0 Å². The van der Waals surface area contributed by atoms with Crippen LogP contribution in [0.2, 0.25) is 0 Å². The molecule has 0 amide bonds. The molecule has 1 aromatic heterocycles. The number of ether oxygens (including phenoxy) is 1.